The molecule has 0 spiro atoms. The zero-order chi connectivity index (χ0) is 10.7. The Labute approximate surface area is 94.8 Å². The highest BCUT2D eigenvalue weighted by atomic mass is 32.2. The van der Waals surface area contributed by atoms with E-state index in [-0.39, 0.29) is 12.4 Å². The van der Waals surface area contributed by atoms with Crippen LogP contribution in [0.3, 0.4) is 0 Å². The van der Waals surface area contributed by atoms with Gasteiger partial charge in [-0.2, -0.15) is 0 Å². The Balaban J connectivity index is 2.22. The molecule has 1 aromatic carbocycles. The molecule has 2 rings (SSSR count). The molecule has 2 nitrogen and oxygen atoms in total. The van der Waals surface area contributed by atoms with Gasteiger partial charge in [-0.25, -0.2) is 9.37 Å². The first-order valence-electron chi connectivity index (χ1n) is 4.26. The van der Waals surface area contributed by atoms with Gasteiger partial charge in [0, 0.05) is 11.6 Å². The van der Waals surface area contributed by atoms with Crippen molar-refractivity contribution >= 4 is 23.1 Å². The second-order valence-corrected chi connectivity index (χ2v) is 5.01. The molecule has 0 aliphatic heterocycles. The summed E-state index contributed by atoms with van der Waals surface area (Å²) in [6, 6.07) is 4.71. The molecule has 5 heteroatoms. The number of rotatable bonds is 3. The molecular formula is C10H8FNOS2. The van der Waals surface area contributed by atoms with Crippen LogP contribution < -0.4 is 0 Å². The Morgan fingerprint density at radius 2 is 2.33 bits per heavy atom. The summed E-state index contributed by atoms with van der Waals surface area (Å²) in [5.41, 5.74) is 0.580. The minimum absolute atomic E-state index is 0.140. The van der Waals surface area contributed by atoms with E-state index in [4.69, 9.17) is 5.11 Å². The molecule has 0 radical (unpaired) electrons. The molecule has 0 aliphatic rings. The summed E-state index contributed by atoms with van der Waals surface area (Å²) in [5, 5.41) is 10.7. The van der Waals surface area contributed by atoms with Gasteiger partial charge in [0.05, 0.1) is 11.5 Å². The third-order valence-corrected chi connectivity index (χ3v) is 3.72. The van der Waals surface area contributed by atoms with E-state index < -0.39 is 0 Å². The number of benzene rings is 1. The second-order valence-electron chi connectivity index (χ2n) is 2.82. The lowest BCUT2D eigenvalue weighted by Gasteiger charge is -2.01. The fourth-order valence-electron chi connectivity index (χ4n) is 1.08. The molecule has 0 amide bonds. The van der Waals surface area contributed by atoms with E-state index >= 15 is 0 Å². The van der Waals surface area contributed by atoms with Crippen molar-refractivity contribution in [3.63, 3.8) is 0 Å². The monoisotopic (exact) mass is 241 g/mol. The summed E-state index contributed by atoms with van der Waals surface area (Å²) in [7, 11) is 0. The first-order valence-corrected chi connectivity index (χ1v) is 5.96. The number of aliphatic hydroxyl groups excluding tert-OH is 1. The predicted molar refractivity (Wildman–Crippen MR) is 58.6 cm³/mol. The Hall–Kier alpha value is -0.910. The van der Waals surface area contributed by atoms with E-state index in [1.54, 1.807) is 18.3 Å². The molecule has 1 N–H and O–H groups in total. The summed E-state index contributed by atoms with van der Waals surface area (Å²) in [4.78, 5) is 4.59. The molecule has 0 unspecified atom stereocenters. The number of thiazole rings is 1. The summed E-state index contributed by atoms with van der Waals surface area (Å²) in [5.74, 6) is -0.318. The first kappa shape index (κ1) is 10.6. The Bertz CT molecular complexity index is 445. The third kappa shape index (κ3) is 2.56. The van der Waals surface area contributed by atoms with Crippen LogP contribution in [-0.2, 0) is 6.61 Å². The van der Waals surface area contributed by atoms with Crippen molar-refractivity contribution in [2.75, 3.05) is 0 Å². The maximum atomic E-state index is 13.5. The highest BCUT2D eigenvalue weighted by molar-refractivity contribution is 8.01. The van der Waals surface area contributed by atoms with Crippen LogP contribution in [0.4, 0.5) is 4.39 Å². The topological polar surface area (TPSA) is 33.1 Å². The van der Waals surface area contributed by atoms with Gasteiger partial charge in [0.15, 0.2) is 4.34 Å². The number of aliphatic hydroxyl groups is 1. The average molecular weight is 241 g/mol. The van der Waals surface area contributed by atoms with Crippen LogP contribution in [0.2, 0.25) is 0 Å². The Morgan fingerprint density at radius 1 is 1.47 bits per heavy atom. The molecule has 1 aromatic heterocycles. The molecule has 0 aliphatic carbocycles. The number of halogens is 1. The summed E-state index contributed by atoms with van der Waals surface area (Å²) < 4.78 is 14.3. The van der Waals surface area contributed by atoms with Gasteiger partial charge in [-0.3, -0.25) is 0 Å². The lowest BCUT2D eigenvalue weighted by atomic mass is 10.2. The van der Waals surface area contributed by atoms with Crippen molar-refractivity contribution in [1.29, 1.82) is 0 Å². The van der Waals surface area contributed by atoms with Crippen LogP contribution in [0.25, 0.3) is 0 Å². The van der Waals surface area contributed by atoms with Crippen molar-refractivity contribution in [2.24, 2.45) is 0 Å². The minimum atomic E-state index is -0.318. The lowest BCUT2D eigenvalue weighted by molar-refractivity contribution is 0.281. The van der Waals surface area contributed by atoms with Crippen LogP contribution in [0.15, 0.2) is 39.0 Å². The van der Waals surface area contributed by atoms with Crippen LogP contribution in [0.5, 0.6) is 0 Å². The maximum Gasteiger partial charge on any atom is 0.154 e. The molecular weight excluding hydrogens is 233 g/mol. The smallest absolute Gasteiger partial charge is 0.154 e. The standard InChI is InChI=1S/C10H8FNOS2/c11-8-5-7(6-13)1-2-9(8)15-10-12-3-4-14-10/h1-5,13H,6H2. The molecule has 15 heavy (non-hydrogen) atoms. The van der Waals surface area contributed by atoms with Gasteiger partial charge >= 0.3 is 0 Å². The van der Waals surface area contributed by atoms with E-state index in [0.717, 1.165) is 4.34 Å². The average Bonchev–Trinajstić information content (AvgIpc) is 2.74. The minimum Gasteiger partial charge on any atom is -0.392 e. The number of hydrogen-bond donors (Lipinski definition) is 1. The largest absolute Gasteiger partial charge is 0.392 e. The summed E-state index contributed by atoms with van der Waals surface area (Å²) >= 11 is 2.76. The predicted octanol–water partition coefficient (Wildman–Crippen LogP) is 2.93. The normalized spacial score (nSPS) is 10.5. The van der Waals surface area contributed by atoms with Gasteiger partial charge in [0.2, 0.25) is 0 Å². The molecule has 0 bridgehead atoms. The quantitative estimate of drug-likeness (QED) is 0.897. The Kier molecular flexibility index (Phi) is 3.35. The van der Waals surface area contributed by atoms with E-state index in [9.17, 15) is 4.39 Å². The number of aromatic nitrogens is 1. The zero-order valence-electron chi connectivity index (χ0n) is 7.68. The third-order valence-electron chi connectivity index (χ3n) is 1.79. The molecule has 0 fully saturated rings. The number of nitrogens with zero attached hydrogens (tertiary/aromatic N) is 1. The van der Waals surface area contributed by atoms with Crippen LogP contribution in [0.1, 0.15) is 5.56 Å². The molecule has 1 heterocycles. The summed E-state index contributed by atoms with van der Waals surface area (Å²) in [6.45, 7) is -0.140. The van der Waals surface area contributed by atoms with Gasteiger partial charge < -0.3 is 5.11 Å². The van der Waals surface area contributed by atoms with E-state index in [1.807, 2.05) is 5.38 Å². The lowest BCUT2D eigenvalue weighted by Crippen LogP contribution is -1.87. The number of hydrogen-bond acceptors (Lipinski definition) is 4. The van der Waals surface area contributed by atoms with Crippen LogP contribution >= 0.6 is 23.1 Å². The molecule has 2 aromatic rings. The second kappa shape index (κ2) is 4.74. The highest BCUT2D eigenvalue weighted by Crippen LogP contribution is 2.31. The van der Waals surface area contributed by atoms with E-state index in [0.29, 0.717) is 10.5 Å². The zero-order valence-corrected chi connectivity index (χ0v) is 9.32. The molecule has 0 saturated heterocycles. The molecule has 0 saturated carbocycles. The summed E-state index contributed by atoms with van der Waals surface area (Å²) in [6.07, 6.45) is 1.69. The van der Waals surface area contributed by atoms with Gasteiger partial charge in [-0.15, -0.1) is 11.3 Å². The van der Waals surface area contributed by atoms with Crippen LogP contribution in [-0.4, -0.2) is 10.1 Å². The highest BCUT2D eigenvalue weighted by Gasteiger charge is 2.06. The SMILES string of the molecule is OCc1ccc(Sc2nccs2)c(F)c1. The van der Waals surface area contributed by atoms with Crippen molar-refractivity contribution in [3.05, 3.63) is 41.2 Å². The first-order chi connectivity index (χ1) is 7.29. The van der Waals surface area contributed by atoms with Crippen molar-refractivity contribution in [2.45, 2.75) is 15.8 Å². The van der Waals surface area contributed by atoms with Gasteiger partial charge in [-0.1, -0.05) is 17.8 Å². The molecule has 78 valence electrons. The van der Waals surface area contributed by atoms with E-state index in [2.05, 4.69) is 4.98 Å². The molecule has 0 atom stereocenters. The Morgan fingerprint density at radius 3 is 2.93 bits per heavy atom. The van der Waals surface area contributed by atoms with E-state index in [1.165, 1.54) is 29.2 Å². The van der Waals surface area contributed by atoms with Crippen LogP contribution in [0, 0.1) is 5.82 Å². The fraction of sp³-hybridized carbons (Fsp3) is 0.100. The maximum absolute atomic E-state index is 13.5. The van der Waals surface area contributed by atoms with Crippen molar-refractivity contribution in [1.82, 2.24) is 4.98 Å². The van der Waals surface area contributed by atoms with Gasteiger partial charge in [0.25, 0.3) is 0 Å². The van der Waals surface area contributed by atoms with Gasteiger partial charge in [0.1, 0.15) is 5.82 Å². The fourth-order valence-corrected chi connectivity index (χ4v) is 2.66. The van der Waals surface area contributed by atoms with Crippen molar-refractivity contribution in [3.8, 4) is 0 Å². The van der Waals surface area contributed by atoms with Gasteiger partial charge in [-0.05, 0) is 17.7 Å². The van der Waals surface area contributed by atoms with Crippen molar-refractivity contribution < 1.29 is 9.50 Å².